The third-order valence-corrected chi connectivity index (χ3v) is 7.60. The highest BCUT2D eigenvalue weighted by Crippen LogP contribution is 2.31. The Labute approximate surface area is 249 Å². The van der Waals surface area contributed by atoms with E-state index in [0.29, 0.717) is 54.2 Å². The molecule has 2 aromatic carbocycles. The molecule has 2 aromatic heterocycles. The van der Waals surface area contributed by atoms with Crippen molar-refractivity contribution >= 4 is 17.5 Å². The topological polar surface area (TPSA) is 118 Å². The molecule has 12 heteroatoms. The maximum Gasteiger partial charge on any atom is 0.230 e. The molecule has 43 heavy (non-hydrogen) atoms. The van der Waals surface area contributed by atoms with E-state index in [1.807, 2.05) is 29.2 Å². The minimum absolute atomic E-state index is 0.0764. The molecular weight excluding hydrogens is 553 g/mol. The predicted molar refractivity (Wildman–Crippen MR) is 158 cm³/mol. The zero-order valence-electron chi connectivity index (χ0n) is 24.1. The van der Waals surface area contributed by atoms with Crippen LogP contribution in [-0.2, 0) is 20.7 Å². The fraction of sp³-hybridized carbons (Fsp3) is 0.355. The van der Waals surface area contributed by atoms with Gasteiger partial charge in [0.2, 0.25) is 11.9 Å². The maximum absolute atomic E-state index is 13.8. The fourth-order valence-corrected chi connectivity index (χ4v) is 5.16. The highest BCUT2D eigenvalue weighted by atomic mass is 19.1. The summed E-state index contributed by atoms with van der Waals surface area (Å²) in [6.07, 6.45) is 1.43. The summed E-state index contributed by atoms with van der Waals surface area (Å²) in [5, 5.41) is 3.21. The number of benzene rings is 2. The second-order valence-corrected chi connectivity index (χ2v) is 10.7. The van der Waals surface area contributed by atoms with Gasteiger partial charge in [0.1, 0.15) is 17.4 Å². The number of ether oxygens (including phenoxy) is 3. The first-order valence-electron chi connectivity index (χ1n) is 14.2. The number of imidazole rings is 1. The number of piperazine rings is 1. The van der Waals surface area contributed by atoms with Crippen molar-refractivity contribution in [3.63, 3.8) is 0 Å². The number of likely N-dealkylation sites (N-methyl/N-ethyl adjacent to an activating group) is 1. The lowest BCUT2D eigenvalue weighted by Gasteiger charge is -2.36. The Kier molecular flexibility index (Phi) is 8.59. The van der Waals surface area contributed by atoms with Gasteiger partial charge in [-0.2, -0.15) is 0 Å². The molecule has 11 nitrogen and oxygen atoms in total. The Hall–Kier alpha value is -4.39. The summed E-state index contributed by atoms with van der Waals surface area (Å²) in [5.41, 5.74) is 3.36. The summed E-state index contributed by atoms with van der Waals surface area (Å²) in [4.78, 5) is 34.4. The number of hydrogen-bond acceptors (Lipinski definition) is 9. The van der Waals surface area contributed by atoms with Gasteiger partial charge in [0.15, 0.2) is 6.29 Å². The number of nitrogens with zero attached hydrogens (tertiary/aromatic N) is 5. The minimum Gasteiger partial charge on any atom is -0.497 e. The monoisotopic (exact) mass is 587 g/mol. The third kappa shape index (κ3) is 6.82. The number of rotatable bonds is 8. The van der Waals surface area contributed by atoms with Gasteiger partial charge in [0, 0.05) is 49.7 Å². The molecule has 0 spiro atoms. The van der Waals surface area contributed by atoms with Crippen molar-refractivity contribution in [3.05, 3.63) is 72.4 Å². The van der Waals surface area contributed by atoms with Crippen molar-refractivity contribution in [2.24, 2.45) is 5.92 Å². The minimum atomic E-state index is -0.563. The molecule has 2 aliphatic rings. The van der Waals surface area contributed by atoms with Crippen LogP contribution in [0.3, 0.4) is 0 Å². The van der Waals surface area contributed by atoms with Crippen LogP contribution in [0.4, 0.5) is 16.0 Å². The fourth-order valence-electron chi connectivity index (χ4n) is 5.16. The Morgan fingerprint density at radius 2 is 1.84 bits per heavy atom. The summed E-state index contributed by atoms with van der Waals surface area (Å²) in [6.45, 7) is 3.75. The normalized spacial score (nSPS) is 19.3. The lowest BCUT2D eigenvalue weighted by molar-refractivity contribution is -0.204. The number of halogens is 1. The smallest absolute Gasteiger partial charge is 0.230 e. The van der Waals surface area contributed by atoms with E-state index in [1.165, 1.54) is 12.1 Å². The van der Waals surface area contributed by atoms with Crippen LogP contribution in [0.25, 0.3) is 22.6 Å². The lowest BCUT2D eigenvalue weighted by atomic mass is 10.1. The van der Waals surface area contributed by atoms with Crippen molar-refractivity contribution in [3.8, 4) is 28.4 Å². The first-order chi connectivity index (χ1) is 20.9. The van der Waals surface area contributed by atoms with Crippen molar-refractivity contribution < 1.29 is 23.4 Å². The number of methoxy groups -OCH3 is 1. The molecule has 0 bridgehead atoms. The summed E-state index contributed by atoms with van der Waals surface area (Å²) >= 11 is 0. The van der Waals surface area contributed by atoms with Gasteiger partial charge in [0.25, 0.3) is 0 Å². The molecule has 1 amide bonds. The van der Waals surface area contributed by atoms with Crippen molar-refractivity contribution in [1.82, 2.24) is 29.7 Å². The molecule has 2 fully saturated rings. The summed E-state index contributed by atoms with van der Waals surface area (Å²) < 4.78 is 31.0. The molecule has 2 aliphatic heterocycles. The summed E-state index contributed by atoms with van der Waals surface area (Å²) in [5.74, 6) is 1.13. The van der Waals surface area contributed by atoms with Crippen LogP contribution >= 0.6 is 0 Å². The number of aromatic nitrogens is 4. The van der Waals surface area contributed by atoms with Crippen LogP contribution < -0.4 is 10.1 Å². The van der Waals surface area contributed by atoms with Crippen molar-refractivity contribution in [1.29, 1.82) is 0 Å². The van der Waals surface area contributed by atoms with Crippen LogP contribution in [-0.4, -0.2) is 95.5 Å². The SMILES string of the molecule is COc1cccc(Nc2nccc(-c3[nH]c(CC4OCC(C(=O)N5CCN(C)CC5)CO4)nc3-c3ccc(F)cc3)n2)c1. The van der Waals surface area contributed by atoms with Crippen molar-refractivity contribution in [2.75, 3.05) is 58.9 Å². The highest BCUT2D eigenvalue weighted by Gasteiger charge is 2.32. The Morgan fingerprint density at radius 3 is 2.58 bits per heavy atom. The van der Waals surface area contributed by atoms with Gasteiger partial charge in [-0.1, -0.05) is 6.07 Å². The third-order valence-electron chi connectivity index (χ3n) is 7.60. The zero-order chi connectivity index (χ0) is 29.8. The zero-order valence-corrected chi connectivity index (χ0v) is 24.1. The van der Waals surface area contributed by atoms with E-state index >= 15 is 0 Å². The number of amides is 1. The van der Waals surface area contributed by atoms with Crippen molar-refractivity contribution in [2.45, 2.75) is 12.7 Å². The predicted octanol–water partition coefficient (Wildman–Crippen LogP) is 3.73. The Morgan fingerprint density at radius 1 is 1.07 bits per heavy atom. The molecule has 2 N–H and O–H groups in total. The number of carbonyl (C=O) groups excluding carboxylic acids is 1. The number of anilines is 2. The van der Waals surface area contributed by atoms with Crippen LogP contribution in [0.15, 0.2) is 60.8 Å². The molecule has 0 unspecified atom stereocenters. The van der Waals surface area contributed by atoms with Gasteiger partial charge < -0.3 is 34.3 Å². The van der Waals surface area contributed by atoms with E-state index in [1.54, 1.807) is 31.5 Å². The largest absolute Gasteiger partial charge is 0.497 e. The molecule has 224 valence electrons. The van der Waals surface area contributed by atoms with Gasteiger partial charge in [-0.25, -0.2) is 19.3 Å². The Bertz CT molecular complexity index is 1550. The number of carbonyl (C=O) groups is 1. The molecule has 0 radical (unpaired) electrons. The summed E-state index contributed by atoms with van der Waals surface area (Å²) in [7, 11) is 3.67. The lowest BCUT2D eigenvalue weighted by Crippen LogP contribution is -2.51. The molecule has 0 aliphatic carbocycles. The number of nitrogens with one attached hydrogen (secondary N) is 2. The average Bonchev–Trinajstić information content (AvgIpc) is 3.46. The van der Waals surface area contributed by atoms with Gasteiger partial charge in [-0.05, 0) is 49.5 Å². The van der Waals surface area contributed by atoms with Gasteiger partial charge >= 0.3 is 0 Å². The van der Waals surface area contributed by atoms with E-state index in [4.69, 9.17) is 24.2 Å². The molecule has 6 rings (SSSR count). The van der Waals surface area contributed by atoms with E-state index in [2.05, 4.69) is 27.2 Å². The van der Waals surface area contributed by atoms with Gasteiger partial charge in [0.05, 0.1) is 49.7 Å². The standard InChI is InChI=1S/C31H34FN7O4/c1-38-12-14-39(15-13-38)30(40)21-18-42-27(43-19-21)17-26-36-28(20-6-8-22(32)9-7-20)29(37-26)25-10-11-33-31(35-25)34-23-4-3-5-24(16-23)41-2/h3-11,16,21,27H,12-15,17-19H2,1-2H3,(H,36,37)(H,33,34,35). The highest BCUT2D eigenvalue weighted by molar-refractivity contribution is 5.79. The number of aromatic amines is 1. The second-order valence-electron chi connectivity index (χ2n) is 10.7. The quantitative estimate of drug-likeness (QED) is 0.318. The molecule has 4 heterocycles. The first-order valence-corrected chi connectivity index (χ1v) is 14.2. The average molecular weight is 588 g/mol. The molecule has 2 saturated heterocycles. The maximum atomic E-state index is 13.8. The van der Waals surface area contributed by atoms with E-state index in [9.17, 15) is 9.18 Å². The summed E-state index contributed by atoms with van der Waals surface area (Å²) in [6, 6.07) is 15.4. The van der Waals surface area contributed by atoms with Crippen LogP contribution in [0.1, 0.15) is 5.82 Å². The van der Waals surface area contributed by atoms with Crippen LogP contribution in [0, 0.1) is 11.7 Å². The molecule has 0 atom stereocenters. The number of H-pyrrole nitrogens is 1. The molecular formula is C31H34FN7O4. The van der Waals surface area contributed by atoms with E-state index < -0.39 is 6.29 Å². The van der Waals surface area contributed by atoms with E-state index in [0.717, 1.165) is 37.4 Å². The second kappa shape index (κ2) is 12.9. The first kappa shape index (κ1) is 28.7. The Balaban J connectivity index is 1.19. The van der Waals surface area contributed by atoms with Crippen LogP contribution in [0.2, 0.25) is 0 Å². The van der Waals surface area contributed by atoms with Crippen LogP contribution in [0.5, 0.6) is 5.75 Å². The van der Waals surface area contributed by atoms with E-state index in [-0.39, 0.29) is 17.6 Å². The van der Waals surface area contributed by atoms with Gasteiger partial charge in [-0.3, -0.25) is 4.79 Å². The molecule has 4 aromatic rings. The van der Waals surface area contributed by atoms with Gasteiger partial charge in [-0.15, -0.1) is 0 Å². The molecule has 0 saturated carbocycles. The number of hydrogen-bond donors (Lipinski definition) is 2.